The van der Waals surface area contributed by atoms with Crippen LogP contribution in [0.2, 0.25) is 0 Å². The van der Waals surface area contributed by atoms with Gasteiger partial charge in [-0.25, -0.2) is 4.98 Å². The molecule has 2 N–H and O–H groups in total. The van der Waals surface area contributed by atoms with Gasteiger partial charge in [0.2, 0.25) is 0 Å². The number of pyridine rings is 2. The summed E-state index contributed by atoms with van der Waals surface area (Å²) in [4.78, 5) is 9.07. The van der Waals surface area contributed by atoms with E-state index in [1.54, 1.807) is 11.3 Å². The molecule has 0 unspecified atom stereocenters. The average Bonchev–Trinajstić information content (AvgIpc) is 2.96. The monoisotopic (exact) mass is 301 g/mol. The van der Waals surface area contributed by atoms with E-state index in [1.807, 2.05) is 18.3 Å². The lowest BCUT2D eigenvalue weighted by Gasteiger charge is -2.03. The molecule has 0 saturated heterocycles. The Morgan fingerprint density at radius 1 is 0.909 bits per heavy atom. The Morgan fingerprint density at radius 2 is 1.82 bits per heavy atom. The lowest BCUT2D eigenvalue weighted by Crippen LogP contribution is -1.92. The fourth-order valence-electron chi connectivity index (χ4n) is 3.14. The first-order valence-electron chi connectivity index (χ1n) is 7.07. The molecule has 0 aliphatic rings. The molecule has 0 fully saturated rings. The van der Waals surface area contributed by atoms with Gasteiger partial charge in [-0.05, 0) is 29.0 Å². The Hall–Kier alpha value is -2.72. The van der Waals surface area contributed by atoms with E-state index >= 15 is 0 Å². The summed E-state index contributed by atoms with van der Waals surface area (Å²) in [5.74, 6) is 0.584. The van der Waals surface area contributed by atoms with E-state index < -0.39 is 0 Å². The third-order valence-corrected chi connectivity index (χ3v) is 5.25. The third-order valence-electron chi connectivity index (χ3n) is 4.08. The molecule has 2 aromatic carbocycles. The Morgan fingerprint density at radius 3 is 2.77 bits per heavy atom. The molecule has 104 valence electrons. The number of hydrogen-bond donors (Lipinski definition) is 1. The van der Waals surface area contributed by atoms with Crippen LogP contribution in [-0.4, -0.2) is 9.97 Å². The highest BCUT2D eigenvalue weighted by molar-refractivity contribution is 7.26. The first kappa shape index (κ1) is 11.9. The second kappa shape index (κ2) is 4.15. The molecule has 5 aromatic rings. The smallest absolute Gasteiger partial charge is 0.142 e. The predicted octanol–water partition coefficient (Wildman–Crippen LogP) is 4.73. The van der Waals surface area contributed by atoms with Gasteiger partial charge in [-0.15, -0.1) is 11.3 Å². The summed E-state index contributed by atoms with van der Waals surface area (Å²) in [7, 11) is 0. The minimum atomic E-state index is 0.584. The van der Waals surface area contributed by atoms with E-state index in [2.05, 4.69) is 46.4 Å². The second-order valence-corrected chi connectivity index (χ2v) is 6.39. The molecule has 3 nitrogen and oxygen atoms in total. The van der Waals surface area contributed by atoms with Crippen LogP contribution in [0.5, 0.6) is 0 Å². The zero-order valence-electron chi connectivity index (χ0n) is 11.6. The van der Waals surface area contributed by atoms with Crippen LogP contribution in [0.4, 0.5) is 5.82 Å². The van der Waals surface area contributed by atoms with Crippen LogP contribution in [0.15, 0.2) is 54.7 Å². The van der Waals surface area contributed by atoms with Crippen molar-refractivity contribution in [2.75, 3.05) is 5.73 Å². The van der Waals surface area contributed by atoms with Gasteiger partial charge in [0.1, 0.15) is 5.82 Å². The van der Waals surface area contributed by atoms with Crippen LogP contribution in [0.25, 0.3) is 42.0 Å². The Labute approximate surface area is 130 Å². The number of benzene rings is 2. The van der Waals surface area contributed by atoms with E-state index in [0.29, 0.717) is 5.82 Å². The van der Waals surface area contributed by atoms with Crippen molar-refractivity contribution in [3.05, 3.63) is 54.7 Å². The number of anilines is 1. The summed E-state index contributed by atoms with van der Waals surface area (Å²) in [6.07, 6.45) is 1.81. The van der Waals surface area contributed by atoms with Gasteiger partial charge in [-0.1, -0.05) is 30.3 Å². The summed E-state index contributed by atoms with van der Waals surface area (Å²) in [6, 6.07) is 16.6. The molecule has 0 spiro atoms. The maximum absolute atomic E-state index is 6.20. The fraction of sp³-hybridized carbons (Fsp3) is 0. The number of fused-ring (bicyclic) bond motifs is 7. The standard InChI is InChI=1S/C18H11N3S/c19-18-17-15(16-12(21-18)6-3-9-20-16)14-11-5-2-1-4-10(11)7-8-13(14)22-17/h1-9H,(H2,19,21). The van der Waals surface area contributed by atoms with Crippen molar-refractivity contribution in [1.29, 1.82) is 0 Å². The van der Waals surface area contributed by atoms with Crippen molar-refractivity contribution in [2.45, 2.75) is 0 Å². The number of aromatic nitrogens is 2. The summed E-state index contributed by atoms with van der Waals surface area (Å²) >= 11 is 1.69. The normalized spacial score (nSPS) is 11.8. The molecule has 0 aliphatic carbocycles. The van der Waals surface area contributed by atoms with Gasteiger partial charge in [0, 0.05) is 21.7 Å². The molecule has 22 heavy (non-hydrogen) atoms. The van der Waals surface area contributed by atoms with Crippen molar-refractivity contribution in [1.82, 2.24) is 9.97 Å². The zero-order chi connectivity index (χ0) is 14.7. The van der Waals surface area contributed by atoms with Crippen LogP contribution in [0, 0.1) is 0 Å². The van der Waals surface area contributed by atoms with Crippen LogP contribution in [0.1, 0.15) is 0 Å². The highest BCUT2D eigenvalue weighted by Crippen LogP contribution is 2.42. The van der Waals surface area contributed by atoms with Gasteiger partial charge in [-0.2, -0.15) is 0 Å². The molecule has 0 aliphatic heterocycles. The second-order valence-electron chi connectivity index (χ2n) is 5.33. The largest absolute Gasteiger partial charge is 0.382 e. The van der Waals surface area contributed by atoms with Crippen molar-refractivity contribution in [2.24, 2.45) is 0 Å². The highest BCUT2D eigenvalue weighted by atomic mass is 32.1. The molecule has 4 heteroatoms. The number of hydrogen-bond acceptors (Lipinski definition) is 4. The van der Waals surface area contributed by atoms with E-state index in [0.717, 1.165) is 21.1 Å². The molecular weight excluding hydrogens is 290 g/mol. The van der Waals surface area contributed by atoms with E-state index in [9.17, 15) is 0 Å². The topological polar surface area (TPSA) is 51.8 Å². The van der Waals surface area contributed by atoms with Crippen molar-refractivity contribution < 1.29 is 0 Å². The maximum Gasteiger partial charge on any atom is 0.142 e. The first-order chi connectivity index (χ1) is 10.8. The van der Waals surface area contributed by atoms with Gasteiger partial charge in [0.15, 0.2) is 0 Å². The van der Waals surface area contributed by atoms with Gasteiger partial charge in [0.05, 0.1) is 15.7 Å². The van der Waals surface area contributed by atoms with Crippen molar-refractivity contribution in [3.63, 3.8) is 0 Å². The van der Waals surface area contributed by atoms with Gasteiger partial charge in [-0.3, -0.25) is 4.98 Å². The number of nitrogen functional groups attached to an aromatic ring is 1. The minimum Gasteiger partial charge on any atom is -0.382 e. The van der Waals surface area contributed by atoms with Crippen molar-refractivity contribution in [3.8, 4) is 0 Å². The molecular formula is C18H11N3S. The summed E-state index contributed by atoms with van der Waals surface area (Å²) in [5, 5.41) is 4.83. The van der Waals surface area contributed by atoms with Crippen LogP contribution in [-0.2, 0) is 0 Å². The Balaban J connectivity index is 2.20. The summed E-state index contributed by atoms with van der Waals surface area (Å²) < 4.78 is 2.25. The number of thiophene rings is 1. The molecule has 0 bridgehead atoms. The van der Waals surface area contributed by atoms with Crippen LogP contribution >= 0.6 is 11.3 Å². The Kier molecular flexibility index (Phi) is 2.24. The maximum atomic E-state index is 6.20. The zero-order valence-corrected chi connectivity index (χ0v) is 12.4. The SMILES string of the molecule is Nc1nc2cccnc2c2c1sc1ccc3ccccc3c12. The molecule has 0 amide bonds. The number of nitrogens with two attached hydrogens (primary N) is 1. The quantitative estimate of drug-likeness (QED) is 0.450. The molecule has 3 aromatic heterocycles. The lowest BCUT2D eigenvalue weighted by atomic mass is 10.0. The molecule has 0 radical (unpaired) electrons. The molecule has 3 heterocycles. The summed E-state index contributed by atoms with van der Waals surface area (Å²) in [5.41, 5.74) is 7.97. The van der Waals surface area contributed by atoms with Crippen molar-refractivity contribution >= 4 is 59.1 Å². The molecule has 5 rings (SSSR count). The van der Waals surface area contributed by atoms with E-state index in [-0.39, 0.29) is 0 Å². The molecule has 0 atom stereocenters. The summed E-state index contributed by atoms with van der Waals surface area (Å²) in [6.45, 7) is 0. The fourth-order valence-corrected chi connectivity index (χ4v) is 4.26. The van der Waals surface area contributed by atoms with Gasteiger partial charge >= 0.3 is 0 Å². The predicted molar refractivity (Wildman–Crippen MR) is 94.3 cm³/mol. The van der Waals surface area contributed by atoms with Gasteiger partial charge < -0.3 is 5.73 Å². The lowest BCUT2D eigenvalue weighted by molar-refractivity contribution is 1.37. The van der Waals surface area contributed by atoms with E-state index in [1.165, 1.54) is 20.9 Å². The number of nitrogens with zero attached hydrogens (tertiary/aromatic N) is 2. The van der Waals surface area contributed by atoms with Crippen LogP contribution in [0.3, 0.4) is 0 Å². The van der Waals surface area contributed by atoms with Crippen LogP contribution < -0.4 is 5.73 Å². The average molecular weight is 301 g/mol. The minimum absolute atomic E-state index is 0.584. The highest BCUT2D eigenvalue weighted by Gasteiger charge is 2.15. The Bertz CT molecular complexity index is 1190. The third kappa shape index (κ3) is 1.45. The van der Waals surface area contributed by atoms with E-state index in [4.69, 9.17) is 5.73 Å². The number of rotatable bonds is 0. The first-order valence-corrected chi connectivity index (χ1v) is 7.89. The molecule has 0 saturated carbocycles. The van der Waals surface area contributed by atoms with Gasteiger partial charge in [0.25, 0.3) is 0 Å².